The van der Waals surface area contributed by atoms with Gasteiger partial charge in [0.15, 0.2) is 5.82 Å². The number of benzene rings is 1. The van der Waals surface area contributed by atoms with Crippen LogP contribution in [0.2, 0.25) is 0 Å². The van der Waals surface area contributed by atoms with Crippen LogP contribution in [-0.2, 0) is 6.54 Å². The summed E-state index contributed by atoms with van der Waals surface area (Å²) >= 11 is 0. The summed E-state index contributed by atoms with van der Waals surface area (Å²) in [6, 6.07) is 3.99. The first-order valence-corrected chi connectivity index (χ1v) is 7.32. The zero-order valence-corrected chi connectivity index (χ0v) is 12.2. The molecule has 5 heteroatoms. The summed E-state index contributed by atoms with van der Waals surface area (Å²) in [5.74, 6) is -0.720. The molecular weight excluding hydrogens is 272 g/mol. The standard InChI is InChI=1S/C16H19F2N3/c1-10(2)19-8-12-9-20-21(16(12)11-3-4-11)15-6-5-13(17)7-14(15)18/h5-7,9-11,19H,3-4,8H2,1-2H3. The number of nitrogens with zero attached hydrogens (tertiary/aromatic N) is 2. The smallest absolute Gasteiger partial charge is 0.151 e. The van der Waals surface area contributed by atoms with Gasteiger partial charge in [0.05, 0.1) is 11.9 Å². The third kappa shape index (κ3) is 2.97. The Morgan fingerprint density at radius 3 is 2.71 bits per heavy atom. The van der Waals surface area contributed by atoms with E-state index in [1.54, 1.807) is 10.9 Å². The highest BCUT2D eigenvalue weighted by atomic mass is 19.1. The second kappa shape index (κ2) is 5.56. The van der Waals surface area contributed by atoms with Crippen molar-refractivity contribution in [1.82, 2.24) is 15.1 Å². The topological polar surface area (TPSA) is 29.9 Å². The summed E-state index contributed by atoms with van der Waals surface area (Å²) in [5.41, 5.74) is 2.46. The van der Waals surface area contributed by atoms with E-state index in [0.717, 1.165) is 30.2 Å². The maximum atomic E-state index is 14.0. The predicted octanol–water partition coefficient (Wildman–Crippen LogP) is 3.53. The third-order valence-corrected chi connectivity index (χ3v) is 3.69. The summed E-state index contributed by atoms with van der Waals surface area (Å²) in [4.78, 5) is 0. The fraction of sp³-hybridized carbons (Fsp3) is 0.438. The lowest BCUT2D eigenvalue weighted by Crippen LogP contribution is -2.22. The molecule has 0 unspecified atom stereocenters. The SMILES string of the molecule is CC(C)NCc1cnn(-c2ccc(F)cc2F)c1C1CC1. The maximum Gasteiger partial charge on any atom is 0.151 e. The summed E-state index contributed by atoms with van der Waals surface area (Å²) in [5, 5.41) is 7.70. The minimum absolute atomic E-state index is 0.314. The fourth-order valence-corrected chi connectivity index (χ4v) is 2.48. The summed E-state index contributed by atoms with van der Waals surface area (Å²) in [6.07, 6.45) is 3.98. The molecule has 1 aromatic carbocycles. The first kappa shape index (κ1) is 14.2. The number of nitrogens with one attached hydrogen (secondary N) is 1. The monoisotopic (exact) mass is 291 g/mol. The zero-order valence-electron chi connectivity index (χ0n) is 12.2. The molecule has 112 valence electrons. The average molecular weight is 291 g/mol. The average Bonchev–Trinajstić information content (AvgIpc) is 3.17. The van der Waals surface area contributed by atoms with Gasteiger partial charge in [-0.05, 0) is 25.0 Å². The van der Waals surface area contributed by atoms with Crippen LogP contribution in [0.1, 0.15) is 43.9 Å². The molecule has 0 saturated heterocycles. The molecule has 0 aliphatic heterocycles. The molecule has 3 nitrogen and oxygen atoms in total. The summed E-state index contributed by atoms with van der Waals surface area (Å²) in [6.45, 7) is 4.88. The normalized spacial score (nSPS) is 14.9. The number of hydrogen-bond acceptors (Lipinski definition) is 2. The molecule has 1 aromatic heterocycles. The molecule has 0 atom stereocenters. The lowest BCUT2D eigenvalue weighted by Gasteiger charge is -2.11. The number of halogens is 2. The second-order valence-electron chi connectivity index (χ2n) is 5.87. The predicted molar refractivity (Wildman–Crippen MR) is 77.4 cm³/mol. The quantitative estimate of drug-likeness (QED) is 0.913. The lowest BCUT2D eigenvalue weighted by atomic mass is 10.1. The molecule has 1 aliphatic rings. The van der Waals surface area contributed by atoms with Crippen molar-refractivity contribution in [3.05, 3.63) is 47.3 Å². The van der Waals surface area contributed by atoms with Crippen molar-refractivity contribution in [2.45, 2.75) is 45.2 Å². The Kier molecular flexibility index (Phi) is 3.76. The first-order chi connectivity index (χ1) is 10.1. The van der Waals surface area contributed by atoms with Gasteiger partial charge in [-0.2, -0.15) is 5.10 Å². The van der Waals surface area contributed by atoms with Crippen LogP contribution in [-0.4, -0.2) is 15.8 Å². The molecule has 1 saturated carbocycles. The van der Waals surface area contributed by atoms with E-state index in [4.69, 9.17) is 0 Å². The molecule has 0 spiro atoms. The van der Waals surface area contributed by atoms with Crippen LogP contribution in [0.5, 0.6) is 0 Å². The summed E-state index contributed by atoms with van der Waals surface area (Å²) < 4.78 is 28.7. The van der Waals surface area contributed by atoms with Crippen molar-refractivity contribution < 1.29 is 8.78 Å². The van der Waals surface area contributed by atoms with Crippen molar-refractivity contribution in [1.29, 1.82) is 0 Å². The minimum atomic E-state index is -0.580. The van der Waals surface area contributed by atoms with Crippen LogP contribution < -0.4 is 5.32 Å². The van der Waals surface area contributed by atoms with Crippen molar-refractivity contribution >= 4 is 0 Å². The van der Waals surface area contributed by atoms with Crippen LogP contribution in [0.25, 0.3) is 5.69 Å². The molecule has 1 N–H and O–H groups in total. The van der Waals surface area contributed by atoms with Gasteiger partial charge in [0.2, 0.25) is 0 Å². The number of rotatable bonds is 5. The van der Waals surface area contributed by atoms with Crippen LogP contribution in [0.15, 0.2) is 24.4 Å². The molecule has 0 radical (unpaired) electrons. The highest BCUT2D eigenvalue weighted by Gasteiger charge is 2.31. The van der Waals surface area contributed by atoms with Gasteiger partial charge in [0, 0.05) is 30.1 Å². The van der Waals surface area contributed by atoms with Gasteiger partial charge in [-0.3, -0.25) is 0 Å². The van der Waals surface area contributed by atoms with E-state index in [-0.39, 0.29) is 0 Å². The van der Waals surface area contributed by atoms with Gasteiger partial charge in [-0.1, -0.05) is 13.8 Å². The molecule has 1 aliphatic carbocycles. The van der Waals surface area contributed by atoms with Crippen LogP contribution in [0.4, 0.5) is 8.78 Å². The largest absolute Gasteiger partial charge is 0.310 e. The van der Waals surface area contributed by atoms with E-state index in [0.29, 0.717) is 24.2 Å². The van der Waals surface area contributed by atoms with Gasteiger partial charge < -0.3 is 5.32 Å². The van der Waals surface area contributed by atoms with Crippen molar-refractivity contribution in [2.24, 2.45) is 0 Å². The van der Waals surface area contributed by atoms with Gasteiger partial charge in [-0.15, -0.1) is 0 Å². The van der Waals surface area contributed by atoms with Crippen molar-refractivity contribution in [2.75, 3.05) is 0 Å². The Balaban J connectivity index is 1.98. The van der Waals surface area contributed by atoms with Gasteiger partial charge in [0.25, 0.3) is 0 Å². The first-order valence-electron chi connectivity index (χ1n) is 7.32. The van der Waals surface area contributed by atoms with E-state index >= 15 is 0 Å². The molecule has 0 bridgehead atoms. The molecule has 3 rings (SSSR count). The Bertz CT molecular complexity index is 645. The Labute approximate surface area is 123 Å². The van der Waals surface area contributed by atoms with Crippen LogP contribution in [0.3, 0.4) is 0 Å². The van der Waals surface area contributed by atoms with E-state index in [1.807, 2.05) is 0 Å². The van der Waals surface area contributed by atoms with Crippen molar-refractivity contribution in [3.63, 3.8) is 0 Å². The Morgan fingerprint density at radius 1 is 1.33 bits per heavy atom. The van der Waals surface area contributed by atoms with E-state index in [9.17, 15) is 8.78 Å². The van der Waals surface area contributed by atoms with E-state index in [2.05, 4.69) is 24.3 Å². The molecule has 1 heterocycles. The lowest BCUT2D eigenvalue weighted by molar-refractivity contribution is 0.569. The highest BCUT2D eigenvalue weighted by Crippen LogP contribution is 2.42. The van der Waals surface area contributed by atoms with Gasteiger partial charge in [0.1, 0.15) is 11.5 Å². The summed E-state index contributed by atoms with van der Waals surface area (Å²) in [7, 11) is 0. The second-order valence-corrected chi connectivity index (χ2v) is 5.87. The molecular formula is C16H19F2N3. The Hall–Kier alpha value is -1.75. The molecule has 1 fully saturated rings. The number of hydrogen-bond donors (Lipinski definition) is 1. The van der Waals surface area contributed by atoms with Crippen LogP contribution in [0, 0.1) is 11.6 Å². The van der Waals surface area contributed by atoms with Gasteiger partial charge >= 0.3 is 0 Å². The van der Waals surface area contributed by atoms with Crippen molar-refractivity contribution in [3.8, 4) is 5.69 Å². The third-order valence-electron chi connectivity index (χ3n) is 3.69. The maximum absolute atomic E-state index is 14.0. The van der Waals surface area contributed by atoms with E-state index < -0.39 is 11.6 Å². The molecule has 21 heavy (non-hydrogen) atoms. The minimum Gasteiger partial charge on any atom is -0.310 e. The Morgan fingerprint density at radius 2 is 2.10 bits per heavy atom. The highest BCUT2D eigenvalue weighted by molar-refractivity contribution is 5.39. The van der Waals surface area contributed by atoms with Crippen LogP contribution >= 0.6 is 0 Å². The molecule has 0 amide bonds. The van der Waals surface area contributed by atoms with Gasteiger partial charge in [-0.25, -0.2) is 13.5 Å². The zero-order chi connectivity index (χ0) is 15.0. The van der Waals surface area contributed by atoms with E-state index in [1.165, 1.54) is 12.1 Å². The number of aromatic nitrogens is 2. The molecule has 2 aromatic rings. The fourth-order valence-electron chi connectivity index (χ4n) is 2.48.